The van der Waals surface area contributed by atoms with Gasteiger partial charge in [0.05, 0.1) is 32.2 Å². The summed E-state index contributed by atoms with van der Waals surface area (Å²) in [4.78, 5) is 0. The van der Waals surface area contributed by atoms with Gasteiger partial charge in [0.2, 0.25) is 0 Å². The highest BCUT2D eigenvalue weighted by atomic mass is 15.3. The SMILES string of the molecule is CCCC[N+](CCCC)(CCCC)CCCCC#N. The summed E-state index contributed by atoms with van der Waals surface area (Å²) in [6, 6.07) is 2.28. The predicted octanol–water partition coefficient (Wildman–Crippen LogP) is 4.90. The quantitative estimate of drug-likeness (QED) is 0.344. The summed E-state index contributed by atoms with van der Waals surface area (Å²) < 4.78 is 1.32. The molecule has 0 aliphatic carbocycles. The lowest BCUT2D eigenvalue weighted by atomic mass is 10.1. The topological polar surface area (TPSA) is 23.8 Å². The molecule has 0 saturated carbocycles. The number of unbranched alkanes of at least 4 members (excludes halogenated alkanes) is 5. The van der Waals surface area contributed by atoms with E-state index in [1.165, 1.54) is 75.6 Å². The Labute approximate surface area is 121 Å². The van der Waals surface area contributed by atoms with E-state index in [2.05, 4.69) is 26.8 Å². The predicted molar refractivity (Wildman–Crippen MR) is 83.9 cm³/mol. The Kier molecular flexibility index (Phi) is 12.1. The highest BCUT2D eigenvalue weighted by Crippen LogP contribution is 2.17. The van der Waals surface area contributed by atoms with Crippen LogP contribution in [0.1, 0.15) is 78.6 Å². The second kappa shape index (κ2) is 12.5. The molecule has 0 radical (unpaired) electrons. The van der Waals surface area contributed by atoms with Gasteiger partial charge in [-0.2, -0.15) is 5.26 Å². The van der Waals surface area contributed by atoms with Crippen molar-refractivity contribution in [3.8, 4) is 6.07 Å². The average molecular weight is 267 g/mol. The van der Waals surface area contributed by atoms with Gasteiger partial charge >= 0.3 is 0 Å². The molecule has 2 heteroatoms. The molecule has 112 valence electrons. The Morgan fingerprint density at radius 2 is 1.11 bits per heavy atom. The van der Waals surface area contributed by atoms with Crippen molar-refractivity contribution in [3.63, 3.8) is 0 Å². The molecule has 0 aromatic heterocycles. The smallest absolute Gasteiger partial charge is 0.0786 e. The number of quaternary nitrogens is 1. The van der Waals surface area contributed by atoms with Crippen LogP contribution in [0, 0.1) is 11.3 Å². The van der Waals surface area contributed by atoms with Crippen LogP contribution in [0.5, 0.6) is 0 Å². The normalized spacial score (nSPS) is 11.5. The molecule has 0 saturated heterocycles. The molecule has 0 spiro atoms. The van der Waals surface area contributed by atoms with Crippen molar-refractivity contribution in [3.05, 3.63) is 0 Å². The molecule has 0 amide bonds. The molecule has 0 aliphatic rings. The Hall–Kier alpha value is -0.550. The van der Waals surface area contributed by atoms with Gasteiger partial charge in [-0.25, -0.2) is 0 Å². The zero-order valence-electron chi connectivity index (χ0n) is 13.6. The van der Waals surface area contributed by atoms with E-state index in [4.69, 9.17) is 5.26 Å². The molecule has 0 aliphatic heterocycles. The minimum Gasteiger partial charge on any atom is -0.324 e. The number of nitrogens with zero attached hydrogens (tertiary/aromatic N) is 2. The Morgan fingerprint density at radius 3 is 1.47 bits per heavy atom. The minimum atomic E-state index is 0.731. The molecular formula is C17H35N2+. The van der Waals surface area contributed by atoms with Gasteiger partial charge in [0.15, 0.2) is 0 Å². The first kappa shape index (κ1) is 18.4. The van der Waals surface area contributed by atoms with Crippen LogP contribution in [-0.4, -0.2) is 30.7 Å². The molecule has 0 unspecified atom stereocenters. The lowest BCUT2D eigenvalue weighted by Crippen LogP contribution is -2.50. The van der Waals surface area contributed by atoms with Gasteiger partial charge in [0.1, 0.15) is 0 Å². The highest BCUT2D eigenvalue weighted by molar-refractivity contribution is 4.67. The van der Waals surface area contributed by atoms with Crippen LogP contribution in [0.25, 0.3) is 0 Å². The van der Waals surface area contributed by atoms with Crippen LogP contribution < -0.4 is 0 Å². The van der Waals surface area contributed by atoms with Gasteiger partial charge in [0.25, 0.3) is 0 Å². The van der Waals surface area contributed by atoms with Crippen molar-refractivity contribution in [1.82, 2.24) is 0 Å². The van der Waals surface area contributed by atoms with Crippen molar-refractivity contribution >= 4 is 0 Å². The average Bonchev–Trinajstić information content (AvgIpc) is 2.44. The number of hydrogen-bond donors (Lipinski definition) is 0. The molecule has 0 rings (SSSR count). The molecule has 0 aromatic rings. The van der Waals surface area contributed by atoms with Crippen molar-refractivity contribution in [2.75, 3.05) is 26.2 Å². The fraction of sp³-hybridized carbons (Fsp3) is 0.941. The summed E-state index contributed by atoms with van der Waals surface area (Å²) >= 11 is 0. The summed E-state index contributed by atoms with van der Waals surface area (Å²) in [5.41, 5.74) is 0. The van der Waals surface area contributed by atoms with Crippen LogP contribution >= 0.6 is 0 Å². The van der Waals surface area contributed by atoms with E-state index in [-0.39, 0.29) is 0 Å². The third-order valence-electron chi connectivity index (χ3n) is 4.13. The van der Waals surface area contributed by atoms with Crippen molar-refractivity contribution in [2.24, 2.45) is 0 Å². The van der Waals surface area contributed by atoms with Crippen molar-refractivity contribution in [2.45, 2.75) is 78.6 Å². The second-order valence-electron chi connectivity index (χ2n) is 5.91. The lowest BCUT2D eigenvalue weighted by molar-refractivity contribution is -0.929. The Morgan fingerprint density at radius 1 is 0.684 bits per heavy atom. The number of rotatable bonds is 13. The molecule has 2 nitrogen and oxygen atoms in total. The van der Waals surface area contributed by atoms with Crippen LogP contribution in [0.15, 0.2) is 0 Å². The van der Waals surface area contributed by atoms with Crippen molar-refractivity contribution < 1.29 is 4.48 Å². The third-order valence-corrected chi connectivity index (χ3v) is 4.13. The third kappa shape index (κ3) is 9.05. The zero-order chi connectivity index (χ0) is 14.4. The highest BCUT2D eigenvalue weighted by Gasteiger charge is 2.24. The molecule has 0 fully saturated rings. The van der Waals surface area contributed by atoms with E-state index in [1.807, 2.05) is 0 Å². The number of nitriles is 1. The van der Waals surface area contributed by atoms with E-state index in [0.29, 0.717) is 0 Å². The van der Waals surface area contributed by atoms with E-state index in [9.17, 15) is 0 Å². The zero-order valence-corrected chi connectivity index (χ0v) is 13.6. The minimum absolute atomic E-state index is 0.731. The summed E-state index contributed by atoms with van der Waals surface area (Å²) in [6.07, 6.45) is 11.0. The Bertz CT molecular complexity index is 208. The molecule has 0 aromatic carbocycles. The maximum atomic E-state index is 8.66. The standard InChI is InChI=1S/C17H35N2/c1-4-7-14-19(15-8-5-2,16-9-6-3)17-12-10-11-13-18/h4-12,14-17H2,1-3H3/q+1. The van der Waals surface area contributed by atoms with Crippen LogP contribution in [0.2, 0.25) is 0 Å². The summed E-state index contributed by atoms with van der Waals surface area (Å²) in [5.74, 6) is 0. The maximum Gasteiger partial charge on any atom is 0.0786 e. The first-order valence-corrected chi connectivity index (χ1v) is 8.46. The first-order valence-electron chi connectivity index (χ1n) is 8.46. The molecule has 0 N–H and O–H groups in total. The van der Waals surface area contributed by atoms with Crippen molar-refractivity contribution in [1.29, 1.82) is 5.26 Å². The van der Waals surface area contributed by atoms with E-state index >= 15 is 0 Å². The molecule has 0 bridgehead atoms. The second-order valence-corrected chi connectivity index (χ2v) is 5.91. The molecule has 19 heavy (non-hydrogen) atoms. The van der Waals surface area contributed by atoms with Gasteiger partial charge in [-0.3, -0.25) is 0 Å². The van der Waals surface area contributed by atoms with Crippen LogP contribution in [-0.2, 0) is 0 Å². The molecule has 0 heterocycles. The number of hydrogen-bond acceptors (Lipinski definition) is 1. The summed E-state index contributed by atoms with van der Waals surface area (Å²) in [5, 5.41) is 8.66. The molecule has 0 atom stereocenters. The molecular weight excluding hydrogens is 232 g/mol. The maximum absolute atomic E-state index is 8.66. The summed E-state index contributed by atoms with van der Waals surface area (Å²) in [6.45, 7) is 12.2. The monoisotopic (exact) mass is 267 g/mol. The lowest BCUT2D eigenvalue weighted by Gasteiger charge is -2.39. The van der Waals surface area contributed by atoms with Gasteiger partial charge < -0.3 is 4.48 Å². The fourth-order valence-electron chi connectivity index (χ4n) is 2.80. The van der Waals surface area contributed by atoms with Crippen LogP contribution in [0.3, 0.4) is 0 Å². The van der Waals surface area contributed by atoms with Gasteiger partial charge in [-0.05, 0) is 32.1 Å². The van der Waals surface area contributed by atoms with Gasteiger partial charge in [0, 0.05) is 6.42 Å². The summed E-state index contributed by atoms with van der Waals surface area (Å²) in [7, 11) is 0. The van der Waals surface area contributed by atoms with Crippen LogP contribution in [0.4, 0.5) is 0 Å². The van der Waals surface area contributed by atoms with Gasteiger partial charge in [-0.15, -0.1) is 0 Å². The Balaban J connectivity index is 4.43. The van der Waals surface area contributed by atoms with Gasteiger partial charge in [-0.1, -0.05) is 40.0 Å². The van der Waals surface area contributed by atoms with E-state index in [1.54, 1.807) is 0 Å². The largest absolute Gasteiger partial charge is 0.324 e. The first-order chi connectivity index (χ1) is 9.24. The fourth-order valence-corrected chi connectivity index (χ4v) is 2.80. The van der Waals surface area contributed by atoms with E-state index < -0.39 is 0 Å². The van der Waals surface area contributed by atoms with E-state index in [0.717, 1.165) is 12.8 Å².